The minimum atomic E-state index is -0.110. The van der Waals surface area contributed by atoms with E-state index in [0.29, 0.717) is 12.0 Å². The van der Waals surface area contributed by atoms with Crippen molar-refractivity contribution in [3.8, 4) is 0 Å². The highest BCUT2D eigenvalue weighted by Crippen LogP contribution is 2.49. The quantitative estimate of drug-likeness (QED) is 0.834. The number of benzene rings is 1. The number of hydrogen-bond donors (Lipinski definition) is 1. The van der Waals surface area contributed by atoms with Gasteiger partial charge in [0.15, 0.2) is 0 Å². The molecule has 1 aromatic rings. The van der Waals surface area contributed by atoms with E-state index in [1.54, 1.807) is 6.07 Å². The third kappa shape index (κ3) is 3.33. The molecule has 1 aromatic carbocycles. The fourth-order valence-corrected chi connectivity index (χ4v) is 3.94. The van der Waals surface area contributed by atoms with Crippen LogP contribution in [0.3, 0.4) is 0 Å². The molecule has 0 spiro atoms. The largest absolute Gasteiger partial charge is 0.377 e. The fourth-order valence-electron chi connectivity index (χ4n) is 3.60. The number of nitrogens with one attached hydrogen (secondary N) is 1. The summed E-state index contributed by atoms with van der Waals surface area (Å²) in [5.74, 6) is 0.575. The monoisotopic (exact) mass is 355 g/mol. The maximum atomic E-state index is 14.2. The average Bonchev–Trinajstić information content (AvgIpc) is 3.22. The van der Waals surface area contributed by atoms with Gasteiger partial charge in [-0.2, -0.15) is 0 Å². The molecule has 2 atom stereocenters. The molecular weight excluding hydrogens is 333 g/mol. The third-order valence-corrected chi connectivity index (χ3v) is 5.33. The summed E-state index contributed by atoms with van der Waals surface area (Å²) in [7, 11) is 0. The zero-order valence-electron chi connectivity index (χ0n) is 12.5. The summed E-state index contributed by atoms with van der Waals surface area (Å²) in [4.78, 5) is 0. The van der Waals surface area contributed by atoms with Crippen LogP contribution in [-0.2, 0) is 11.2 Å². The standard InChI is InChI=1S/C17H23BrFNO/c1-2-20-11-17(7-8-21-16(17)12-3-4-12)10-13-5-6-14(18)9-15(13)19/h5-6,9,12,16,20H,2-4,7-8,10-11H2,1H3. The van der Waals surface area contributed by atoms with Crippen LogP contribution in [0.2, 0.25) is 0 Å². The van der Waals surface area contributed by atoms with Gasteiger partial charge in [-0.05, 0) is 55.8 Å². The molecule has 1 saturated heterocycles. The van der Waals surface area contributed by atoms with Gasteiger partial charge in [-0.1, -0.05) is 28.9 Å². The van der Waals surface area contributed by atoms with E-state index in [0.717, 1.165) is 42.6 Å². The summed E-state index contributed by atoms with van der Waals surface area (Å²) in [6.45, 7) is 4.79. The van der Waals surface area contributed by atoms with Gasteiger partial charge in [0.25, 0.3) is 0 Å². The maximum Gasteiger partial charge on any atom is 0.127 e. The molecule has 1 heterocycles. The van der Waals surface area contributed by atoms with Crippen molar-refractivity contribution in [2.24, 2.45) is 11.3 Å². The van der Waals surface area contributed by atoms with Crippen LogP contribution in [0.1, 0.15) is 31.7 Å². The Morgan fingerprint density at radius 1 is 1.43 bits per heavy atom. The summed E-state index contributed by atoms with van der Waals surface area (Å²) >= 11 is 3.33. The lowest BCUT2D eigenvalue weighted by molar-refractivity contribution is 0.0305. The van der Waals surface area contributed by atoms with Crippen molar-refractivity contribution in [1.82, 2.24) is 5.32 Å². The second kappa shape index (κ2) is 6.35. The minimum Gasteiger partial charge on any atom is -0.377 e. The topological polar surface area (TPSA) is 21.3 Å². The van der Waals surface area contributed by atoms with Crippen molar-refractivity contribution < 1.29 is 9.13 Å². The van der Waals surface area contributed by atoms with E-state index in [1.807, 2.05) is 12.1 Å². The normalized spacial score (nSPS) is 29.0. The van der Waals surface area contributed by atoms with Crippen LogP contribution in [0.5, 0.6) is 0 Å². The number of halogens is 2. The third-order valence-electron chi connectivity index (χ3n) is 4.84. The van der Waals surface area contributed by atoms with Gasteiger partial charge in [-0.25, -0.2) is 4.39 Å². The van der Waals surface area contributed by atoms with E-state index in [-0.39, 0.29) is 11.2 Å². The Kier molecular flexibility index (Phi) is 4.67. The van der Waals surface area contributed by atoms with E-state index in [1.165, 1.54) is 12.8 Å². The fraction of sp³-hybridized carbons (Fsp3) is 0.647. The second-order valence-corrected chi connectivity index (χ2v) is 7.35. The van der Waals surface area contributed by atoms with Crippen molar-refractivity contribution in [2.45, 2.75) is 38.7 Å². The van der Waals surface area contributed by atoms with Crippen molar-refractivity contribution >= 4 is 15.9 Å². The molecule has 0 aromatic heterocycles. The molecule has 2 nitrogen and oxygen atoms in total. The summed E-state index contributed by atoms with van der Waals surface area (Å²) in [6.07, 6.45) is 4.61. The lowest BCUT2D eigenvalue weighted by Gasteiger charge is -2.35. The smallest absolute Gasteiger partial charge is 0.127 e. The minimum absolute atomic E-state index is 0.0475. The van der Waals surface area contributed by atoms with E-state index in [9.17, 15) is 4.39 Å². The Bertz CT molecular complexity index is 506. The highest BCUT2D eigenvalue weighted by atomic mass is 79.9. The van der Waals surface area contributed by atoms with Gasteiger partial charge in [0.1, 0.15) is 5.82 Å². The van der Waals surface area contributed by atoms with Crippen LogP contribution in [0.15, 0.2) is 22.7 Å². The molecular formula is C17H23BrFNO. The molecule has 116 valence electrons. The molecule has 3 rings (SSSR count). The molecule has 21 heavy (non-hydrogen) atoms. The molecule has 1 aliphatic heterocycles. The van der Waals surface area contributed by atoms with Gasteiger partial charge in [0, 0.05) is 23.0 Å². The lowest BCUT2D eigenvalue weighted by Crippen LogP contribution is -2.43. The van der Waals surface area contributed by atoms with Gasteiger partial charge in [0.05, 0.1) is 6.10 Å². The van der Waals surface area contributed by atoms with E-state index >= 15 is 0 Å². The van der Waals surface area contributed by atoms with Crippen molar-refractivity contribution in [1.29, 1.82) is 0 Å². The lowest BCUT2D eigenvalue weighted by atomic mass is 9.74. The van der Waals surface area contributed by atoms with E-state index in [2.05, 4.69) is 28.2 Å². The zero-order chi connectivity index (χ0) is 14.9. The Morgan fingerprint density at radius 3 is 2.90 bits per heavy atom. The highest BCUT2D eigenvalue weighted by Gasteiger charge is 2.50. The summed E-state index contributed by atoms with van der Waals surface area (Å²) in [5, 5.41) is 3.48. The Morgan fingerprint density at radius 2 is 2.24 bits per heavy atom. The number of ether oxygens (including phenoxy) is 1. The predicted molar refractivity (Wildman–Crippen MR) is 85.9 cm³/mol. The van der Waals surface area contributed by atoms with Crippen molar-refractivity contribution in [3.05, 3.63) is 34.1 Å². The first kappa shape index (κ1) is 15.4. The Labute approximate surface area is 134 Å². The van der Waals surface area contributed by atoms with Gasteiger partial charge >= 0.3 is 0 Å². The van der Waals surface area contributed by atoms with Crippen molar-refractivity contribution in [3.63, 3.8) is 0 Å². The average molecular weight is 356 g/mol. The van der Waals surface area contributed by atoms with Crippen LogP contribution in [0, 0.1) is 17.2 Å². The molecule has 2 fully saturated rings. The van der Waals surface area contributed by atoms with Gasteiger partial charge in [0.2, 0.25) is 0 Å². The summed E-state index contributed by atoms with van der Waals surface area (Å²) in [6, 6.07) is 5.41. The molecule has 0 bridgehead atoms. The molecule has 1 saturated carbocycles. The predicted octanol–water partition coefficient (Wildman–Crippen LogP) is 3.93. The van der Waals surface area contributed by atoms with Crippen LogP contribution in [0.25, 0.3) is 0 Å². The molecule has 1 aliphatic carbocycles. The number of rotatable bonds is 6. The van der Waals surface area contributed by atoms with Crippen LogP contribution >= 0.6 is 15.9 Å². The SMILES string of the molecule is CCNCC1(Cc2ccc(Br)cc2F)CCOC1C1CC1. The van der Waals surface area contributed by atoms with E-state index in [4.69, 9.17) is 4.74 Å². The molecule has 0 radical (unpaired) electrons. The first-order valence-electron chi connectivity index (χ1n) is 7.91. The molecule has 4 heteroatoms. The van der Waals surface area contributed by atoms with Crippen LogP contribution in [0.4, 0.5) is 4.39 Å². The van der Waals surface area contributed by atoms with Gasteiger partial charge in [-0.15, -0.1) is 0 Å². The van der Waals surface area contributed by atoms with Gasteiger partial charge < -0.3 is 10.1 Å². The maximum absolute atomic E-state index is 14.2. The molecule has 2 unspecified atom stereocenters. The van der Waals surface area contributed by atoms with Crippen molar-refractivity contribution in [2.75, 3.05) is 19.7 Å². The molecule has 0 amide bonds. The summed E-state index contributed by atoms with van der Waals surface area (Å²) < 4.78 is 21.1. The van der Waals surface area contributed by atoms with Crippen LogP contribution < -0.4 is 5.32 Å². The van der Waals surface area contributed by atoms with E-state index < -0.39 is 0 Å². The van der Waals surface area contributed by atoms with Gasteiger partial charge in [-0.3, -0.25) is 0 Å². The Balaban J connectivity index is 1.84. The molecule has 1 N–H and O–H groups in total. The number of hydrogen-bond acceptors (Lipinski definition) is 2. The van der Waals surface area contributed by atoms with Crippen LogP contribution in [-0.4, -0.2) is 25.8 Å². The Hall–Kier alpha value is -0.450. The summed E-state index contributed by atoms with van der Waals surface area (Å²) in [5.41, 5.74) is 0.860. The molecule has 2 aliphatic rings. The first-order valence-corrected chi connectivity index (χ1v) is 8.70. The highest BCUT2D eigenvalue weighted by molar-refractivity contribution is 9.10. The zero-order valence-corrected chi connectivity index (χ0v) is 14.1. The second-order valence-electron chi connectivity index (χ2n) is 6.43. The first-order chi connectivity index (χ1) is 10.1.